The third-order valence-electron chi connectivity index (χ3n) is 5.57. The molecule has 31 heavy (non-hydrogen) atoms. The quantitative estimate of drug-likeness (QED) is 0.595. The summed E-state index contributed by atoms with van der Waals surface area (Å²) in [5.41, 5.74) is 3.78. The minimum atomic E-state index is -0.0688. The van der Waals surface area contributed by atoms with E-state index in [1.54, 1.807) is 11.0 Å². The molecule has 1 N–H and O–H groups in total. The molecule has 0 unspecified atom stereocenters. The van der Waals surface area contributed by atoms with Crippen LogP contribution in [-0.2, 0) is 9.59 Å². The van der Waals surface area contributed by atoms with E-state index in [1.165, 1.54) is 17.4 Å². The fourth-order valence-corrected chi connectivity index (χ4v) is 4.59. The Bertz CT molecular complexity index is 1140. The first-order valence-corrected chi connectivity index (χ1v) is 11.3. The summed E-state index contributed by atoms with van der Waals surface area (Å²) in [5, 5.41) is 5.30. The average molecular weight is 458 g/mol. The first-order chi connectivity index (χ1) is 14.9. The number of fused-ring (bicyclic) bond motifs is 1. The van der Waals surface area contributed by atoms with Crippen molar-refractivity contribution in [3.63, 3.8) is 0 Å². The number of imidazole rings is 1. The van der Waals surface area contributed by atoms with Crippen molar-refractivity contribution in [1.82, 2.24) is 19.2 Å². The van der Waals surface area contributed by atoms with E-state index in [9.17, 15) is 9.59 Å². The predicted octanol–water partition coefficient (Wildman–Crippen LogP) is 3.46. The highest BCUT2D eigenvalue weighted by atomic mass is 35.5. The average Bonchev–Trinajstić information content (AvgIpc) is 3.31. The SMILES string of the molecule is Cc1cccc(NC(=O)CN2CCN(C(=O)/C=C/c3c(Cl)nc4sccn34)CC2)c1C. The Morgan fingerprint density at radius 3 is 2.77 bits per heavy atom. The van der Waals surface area contributed by atoms with Crippen molar-refractivity contribution in [2.75, 3.05) is 38.0 Å². The van der Waals surface area contributed by atoms with Crippen LogP contribution < -0.4 is 5.32 Å². The number of carbonyl (C=O) groups excluding carboxylic acids is 2. The lowest BCUT2D eigenvalue weighted by atomic mass is 10.1. The maximum absolute atomic E-state index is 12.6. The number of nitrogens with zero attached hydrogens (tertiary/aromatic N) is 4. The Kier molecular flexibility index (Phi) is 6.41. The second-order valence-corrected chi connectivity index (χ2v) is 8.80. The molecule has 0 bridgehead atoms. The molecule has 162 valence electrons. The number of hydrogen-bond acceptors (Lipinski definition) is 5. The van der Waals surface area contributed by atoms with E-state index in [2.05, 4.69) is 15.2 Å². The van der Waals surface area contributed by atoms with Gasteiger partial charge in [0.15, 0.2) is 10.1 Å². The molecule has 2 aromatic heterocycles. The molecule has 1 aliphatic rings. The summed E-state index contributed by atoms with van der Waals surface area (Å²) >= 11 is 7.67. The van der Waals surface area contributed by atoms with Gasteiger partial charge in [0.1, 0.15) is 0 Å². The van der Waals surface area contributed by atoms with Gasteiger partial charge in [-0.25, -0.2) is 4.98 Å². The third kappa shape index (κ3) is 4.81. The Hall–Kier alpha value is -2.68. The van der Waals surface area contributed by atoms with E-state index in [0.717, 1.165) is 21.8 Å². The highest BCUT2D eigenvalue weighted by Gasteiger charge is 2.21. The lowest BCUT2D eigenvalue weighted by Gasteiger charge is -2.33. The number of thiazole rings is 1. The molecule has 2 amide bonds. The second kappa shape index (κ2) is 9.21. The third-order valence-corrected chi connectivity index (χ3v) is 6.60. The molecule has 3 aromatic rings. The number of anilines is 1. The van der Waals surface area contributed by atoms with E-state index in [4.69, 9.17) is 11.6 Å². The van der Waals surface area contributed by atoms with E-state index in [1.807, 2.05) is 48.0 Å². The molecule has 1 aromatic carbocycles. The van der Waals surface area contributed by atoms with Crippen LogP contribution in [0.4, 0.5) is 5.69 Å². The van der Waals surface area contributed by atoms with Crippen molar-refractivity contribution in [3.8, 4) is 0 Å². The fourth-order valence-electron chi connectivity index (χ4n) is 3.59. The summed E-state index contributed by atoms with van der Waals surface area (Å²) in [6.45, 7) is 6.81. The zero-order chi connectivity index (χ0) is 22.0. The molecule has 0 spiro atoms. The summed E-state index contributed by atoms with van der Waals surface area (Å²) in [7, 11) is 0. The van der Waals surface area contributed by atoms with Gasteiger partial charge in [0.25, 0.3) is 0 Å². The van der Waals surface area contributed by atoms with Crippen molar-refractivity contribution in [2.24, 2.45) is 0 Å². The van der Waals surface area contributed by atoms with Gasteiger partial charge >= 0.3 is 0 Å². The van der Waals surface area contributed by atoms with Crippen molar-refractivity contribution in [2.45, 2.75) is 13.8 Å². The van der Waals surface area contributed by atoms with E-state index in [-0.39, 0.29) is 11.8 Å². The Morgan fingerprint density at radius 2 is 2.00 bits per heavy atom. The summed E-state index contributed by atoms with van der Waals surface area (Å²) in [5.74, 6) is -0.107. The molecular formula is C22H24ClN5O2S. The topological polar surface area (TPSA) is 70.0 Å². The van der Waals surface area contributed by atoms with Gasteiger partial charge in [0.05, 0.1) is 12.2 Å². The molecule has 9 heteroatoms. The summed E-state index contributed by atoms with van der Waals surface area (Å²) < 4.78 is 1.86. The molecule has 4 rings (SSSR count). The normalized spacial score (nSPS) is 15.1. The zero-order valence-corrected chi connectivity index (χ0v) is 19.0. The van der Waals surface area contributed by atoms with Gasteiger partial charge < -0.3 is 10.2 Å². The van der Waals surface area contributed by atoms with Crippen LogP contribution in [0.2, 0.25) is 5.15 Å². The fraction of sp³-hybridized carbons (Fsp3) is 0.318. The summed E-state index contributed by atoms with van der Waals surface area (Å²) in [6.07, 6.45) is 5.13. The molecular weight excluding hydrogens is 434 g/mol. The lowest BCUT2D eigenvalue weighted by molar-refractivity contribution is -0.127. The largest absolute Gasteiger partial charge is 0.337 e. The van der Waals surface area contributed by atoms with Gasteiger partial charge in [0, 0.05) is 49.5 Å². The molecule has 1 aliphatic heterocycles. The van der Waals surface area contributed by atoms with Crippen LogP contribution in [0.15, 0.2) is 35.9 Å². The van der Waals surface area contributed by atoms with E-state index >= 15 is 0 Å². The van der Waals surface area contributed by atoms with Gasteiger partial charge in [-0.05, 0) is 37.1 Å². The van der Waals surface area contributed by atoms with Crippen molar-refractivity contribution in [1.29, 1.82) is 0 Å². The highest BCUT2D eigenvalue weighted by Crippen LogP contribution is 2.22. The Labute approximate surface area is 189 Å². The van der Waals surface area contributed by atoms with Gasteiger partial charge in [-0.15, -0.1) is 11.3 Å². The molecule has 0 aliphatic carbocycles. The summed E-state index contributed by atoms with van der Waals surface area (Å²) in [6, 6.07) is 5.88. The monoisotopic (exact) mass is 457 g/mol. The van der Waals surface area contributed by atoms with Crippen molar-refractivity contribution in [3.05, 3.63) is 57.8 Å². The molecule has 1 saturated heterocycles. The second-order valence-electron chi connectivity index (χ2n) is 7.57. The Morgan fingerprint density at radius 1 is 1.23 bits per heavy atom. The first kappa shape index (κ1) is 21.5. The molecule has 3 heterocycles. The van der Waals surface area contributed by atoms with Gasteiger partial charge in [-0.3, -0.25) is 18.9 Å². The molecule has 0 radical (unpaired) electrons. The standard InChI is InChI=1S/C22H24ClN5O2S/c1-15-4-3-5-17(16(15)2)24-19(29)14-26-8-10-27(11-9-26)20(30)7-6-18-21(23)25-22-28(18)12-13-31-22/h3-7,12-13H,8-11,14H2,1-2H3,(H,24,29)/b7-6+. The van der Waals surface area contributed by atoms with Gasteiger partial charge in [0.2, 0.25) is 11.8 Å². The lowest BCUT2D eigenvalue weighted by Crippen LogP contribution is -2.50. The minimum absolute atomic E-state index is 0.0384. The molecule has 7 nitrogen and oxygen atoms in total. The first-order valence-electron chi connectivity index (χ1n) is 10.1. The van der Waals surface area contributed by atoms with Crippen LogP contribution in [0.1, 0.15) is 16.8 Å². The number of carbonyl (C=O) groups is 2. The number of piperazine rings is 1. The van der Waals surface area contributed by atoms with Crippen LogP contribution in [0.3, 0.4) is 0 Å². The number of amides is 2. The smallest absolute Gasteiger partial charge is 0.246 e. The van der Waals surface area contributed by atoms with E-state index < -0.39 is 0 Å². The van der Waals surface area contributed by atoms with Crippen LogP contribution in [0.25, 0.3) is 11.0 Å². The maximum atomic E-state index is 12.6. The van der Waals surface area contributed by atoms with Gasteiger partial charge in [-0.2, -0.15) is 0 Å². The number of hydrogen-bond donors (Lipinski definition) is 1. The number of benzene rings is 1. The van der Waals surface area contributed by atoms with Crippen LogP contribution in [-0.4, -0.2) is 63.7 Å². The number of aryl methyl sites for hydroxylation is 1. The number of halogens is 1. The summed E-state index contributed by atoms with van der Waals surface area (Å²) in [4.78, 5) is 34.0. The highest BCUT2D eigenvalue weighted by molar-refractivity contribution is 7.15. The molecule has 0 atom stereocenters. The minimum Gasteiger partial charge on any atom is -0.337 e. The van der Waals surface area contributed by atoms with E-state index in [0.29, 0.717) is 43.6 Å². The maximum Gasteiger partial charge on any atom is 0.246 e. The van der Waals surface area contributed by atoms with Crippen LogP contribution >= 0.6 is 22.9 Å². The van der Waals surface area contributed by atoms with Crippen molar-refractivity contribution >= 4 is 51.5 Å². The zero-order valence-electron chi connectivity index (χ0n) is 17.5. The molecule has 0 saturated carbocycles. The van der Waals surface area contributed by atoms with Gasteiger partial charge in [-0.1, -0.05) is 23.7 Å². The molecule has 1 fully saturated rings. The van der Waals surface area contributed by atoms with Crippen molar-refractivity contribution < 1.29 is 9.59 Å². The number of rotatable bonds is 5. The van der Waals surface area contributed by atoms with Crippen LogP contribution in [0, 0.1) is 13.8 Å². The number of nitrogens with one attached hydrogen (secondary N) is 1. The van der Waals surface area contributed by atoms with Crippen LogP contribution in [0.5, 0.6) is 0 Å². The Balaban J connectivity index is 1.28. The number of aromatic nitrogens is 2. The predicted molar refractivity (Wildman–Crippen MR) is 125 cm³/mol.